The van der Waals surface area contributed by atoms with Gasteiger partial charge in [-0.05, 0) is 43.9 Å². The van der Waals surface area contributed by atoms with Gasteiger partial charge in [0.1, 0.15) is 5.75 Å². The second kappa shape index (κ2) is 6.15. The highest BCUT2D eigenvalue weighted by atomic mass is 35.5. The molecule has 0 bridgehead atoms. The molecule has 0 heterocycles. The molecule has 0 aromatic heterocycles. The lowest BCUT2D eigenvalue weighted by Crippen LogP contribution is -2.12. The highest BCUT2D eigenvalue weighted by Crippen LogP contribution is 2.27. The topological polar surface area (TPSA) is 9.23 Å². The molecule has 1 unspecified atom stereocenters. The second-order valence-corrected chi connectivity index (χ2v) is 4.68. The summed E-state index contributed by atoms with van der Waals surface area (Å²) in [7, 11) is 0. The number of hydrogen-bond donors (Lipinski definition) is 0. The Morgan fingerprint density at radius 1 is 1.25 bits per heavy atom. The van der Waals surface area contributed by atoms with Crippen molar-refractivity contribution >= 4 is 11.6 Å². The molecule has 90 valence electrons. The van der Waals surface area contributed by atoms with E-state index < -0.39 is 0 Å². The van der Waals surface area contributed by atoms with Crippen LogP contribution in [0.1, 0.15) is 43.4 Å². The zero-order chi connectivity index (χ0) is 12.1. The summed E-state index contributed by atoms with van der Waals surface area (Å²) in [6.45, 7) is 8.46. The average molecular weight is 241 g/mol. The molecule has 0 aliphatic rings. The van der Waals surface area contributed by atoms with Gasteiger partial charge in [0, 0.05) is 5.88 Å². The van der Waals surface area contributed by atoms with Crippen molar-refractivity contribution in [3.05, 3.63) is 28.8 Å². The third kappa shape index (κ3) is 3.41. The molecule has 0 aliphatic carbocycles. The van der Waals surface area contributed by atoms with Crippen molar-refractivity contribution in [3.63, 3.8) is 0 Å². The van der Waals surface area contributed by atoms with Crippen LogP contribution in [-0.4, -0.2) is 6.10 Å². The molecule has 0 aliphatic heterocycles. The number of ether oxygens (including phenoxy) is 1. The summed E-state index contributed by atoms with van der Waals surface area (Å²) in [5.74, 6) is 1.58. The number of halogens is 1. The summed E-state index contributed by atoms with van der Waals surface area (Å²) >= 11 is 5.84. The molecule has 0 radical (unpaired) electrons. The van der Waals surface area contributed by atoms with Crippen LogP contribution in [0.4, 0.5) is 0 Å². The minimum absolute atomic E-state index is 0.282. The van der Waals surface area contributed by atoms with Crippen LogP contribution in [0.25, 0.3) is 0 Å². The van der Waals surface area contributed by atoms with Gasteiger partial charge in [-0.2, -0.15) is 0 Å². The maximum atomic E-state index is 5.97. The number of hydrogen-bond acceptors (Lipinski definition) is 1. The molecule has 1 atom stereocenters. The lowest BCUT2D eigenvalue weighted by molar-refractivity contribution is 0.207. The number of rotatable bonds is 5. The van der Waals surface area contributed by atoms with Crippen LogP contribution >= 0.6 is 11.6 Å². The first-order valence-electron chi connectivity index (χ1n) is 5.91. The number of aryl methyl sites for hydroxylation is 2. The molecule has 0 saturated heterocycles. The second-order valence-electron chi connectivity index (χ2n) is 4.41. The predicted molar refractivity (Wildman–Crippen MR) is 70.5 cm³/mol. The summed E-state index contributed by atoms with van der Waals surface area (Å²) in [5.41, 5.74) is 3.52. The summed E-state index contributed by atoms with van der Waals surface area (Å²) in [4.78, 5) is 0. The maximum Gasteiger partial charge on any atom is 0.125 e. The van der Waals surface area contributed by atoms with Crippen molar-refractivity contribution in [1.82, 2.24) is 0 Å². The fourth-order valence-corrected chi connectivity index (χ4v) is 2.12. The predicted octanol–water partition coefficient (Wildman–Crippen LogP) is 4.61. The van der Waals surface area contributed by atoms with E-state index in [1.807, 2.05) is 0 Å². The van der Waals surface area contributed by atoms with E-state index in [0.717, 1.165) is 24.2 Å². The normalized spacial score (nSPS) is 12.6. The van der Waals surface area contributed by atoms with Gasteiger partial charge in [-0.25, -0.2) is 0 Å². The first-order valence-corrected chi connectivity index (χ1v) is 6.44. The largest absolute Gasteiger partial charge is 0.490 e. The first-order chi connectivity index (χ1) is 7.58. The zero-order valence-electron chi connectivity index (χ0n) is 10.6. The highest BCUT2D eigenvalue weighted by molar-refractivity contribution is 6.17. The smallest absolute Gasteiger partial charge is 0.125 e. The van der Waals surface area contributed by atoms with Crippen LogP contribution in [0, 0.1) is 13.8 Å². The molecule has 1 nitrogen and oxygen atoms in total. The Bertz CT molecular complexity index is 324. The van der Waals surface area contributed by atoms with Crippen molar-refractivity contribution in [2.24, 2.45) is 0 Å². The van der Waals surface area contributed by atoms with E-state index >= 15 is 0 Å². The van der Waals surface area contributed by atoms with Crippen LogP contribution in [0.15, 0.2) is 12.1 Å². The monoisotopic (exact) mass is 240 g/mol. The fourth-order valence-electron chi connectivity index (χ4n) is 1.97. The van der Waals surface area contributed by atoms with Crippen LogP contribution in [-0.2, 0) is 5.88 Å². The summed E-state index contributed by atoms with van der Waals surface area (Å²) in [6, 6.07) is 4.21. The van der Waals surface area contributed by atoms with Crippen LogP contribution in [0.5, 0.6) is 5.75 Å². The Morgan fingerprint density at radius 3 is 2.25 bits per heavy atom. The van der Waals surface area contributed by atoms with Crippen LogP contribution < -0.4 is 4.74 Å². The summed E-state index contributed by atoms with van der Waals surface area (Å²) in [5, 5.41) is 0. The van der Waals surface area contributed by atoms with Gasteiger partial charge in [0.2, 0.25) is 0 Å². The van der Waals surface area contributed by atoms with Crippen molar-refractivity contribution in [2.45, 2.75) is 52.5 Å². The Kier molecular flexibility index (Phi) is 5.14. The standard InChI is InChI=1S/C14H21ClO/c1-5-6-12(4)16-14-10(2)7-13(9-15)8-11(14)3/h7-8,12H,5-6,9H2,1-4H3. The van der Waals surface area contributed by atoms with E-state index in [-0.39, 0.29) is 6.10 Å². The minimum Gasteiger partial charge on any atom is -0.490 e. The lowest BCUT2D eigenvalue weighted by Gasteiger charge is -2.18. The van der Waals surface area contributed by atoms with E-state index in [9.17, 15) is 0 Å². The number of alkyl halides is 1. The molecule has 0 amide bonds. The fraction of sp³-hybridized carbons (Fsp3) is 0.571. The molecule has 0 N–H and O–H groups in total. The van der Waals surface area contributed by atoms with Gasteiger partial charge < -0.3 is 4.74 Å². The lowest BCUT2D eigenvalue weighted by atomic mass is 10.1. The third-order valence-corrected chi connectivity index (χ3v) is 3.00. The maximum absolute atomic E-state index is 5.97. The van der Waals surface area contributed by atoms with E-state index in [4.69, 9.17) is 16.3 Å². The van der Waals surface area contributed by atoms with Crippen molar-refractivity contribution in [2.75, 3.05) is 0 Å². The molecule has 2 heteroatoms. The van der Waals surface area contributed by atoms with E-state index in [0.29, 0.717) is 5.88 Å². The van der Waals surface area contributed by atoms with Gasteiger partial charge in [0.05, 0.1) is 6.10 Å². The average Bonchev–Trinajstić information content (AvgIpc) is 2.23. The Balaban J connectivity index is 2.87. The van der Waals surface area contributed by atoms with Crippen molar-refractivity contribution in [1.29, 1.82) is 0 Å². The molecule has 0 spiro atoms. The number of benzene rings is 1. The van der Waals surface area contributed by atoms with Gasteiger partial charge in [0.25, 0.3) is 0 Å². The van der Waals surface area contributed by atoms with E-state index in [1.165, 1.54) is 11.1 Å². The zero-order valence-corrected chi connectivity index (χ0v) is 11.4. The molecule has 0 saturated carbocycles. The molecule has 1 aromatic carbocycles. The van der Waals surface area contributed by atoms with Gasteiger partial charge >= 0.3 is 0 Å². The van der Waals surface area contributed by atoms with Crippen molar-refractivity contribution in [3.8, 4) is 5.75 Å². The molecular formula is C14H21ClO. The van der Waals surface area contributed by atoms with E-state index in [2.05, 4.69) is 39.8 Å². The third-order valence-electron chi connectivity index (χ3n) is 2.69. The van der Waals surface area contributed by atoms with Crippen LogP contribution in [0.3, 0.4) is 0 Å². The van der Waals surface area contributed by atoms with Gasteiger partial charge in [-0.1, -0.05) is 25.5 Å². The minimum atomic E-state index is 0.282. The van der Waals surface area contributed by atoms with Crippen LogP contribution in [0.2, 0.25) is 0 Å². The SMILES string of the molecule is CCCC(C)Oc1c(C)cc(CCl)cc1C. The van der Waals surface area contributed by atoms with Crippen molar-refractivity contribution < 1.29 is 4.74 Å². The Labute approximate surface area is 104 Å². The molecule has 16 heavy (non-hydrogen) atoms. The van der Waals surface area contributed by atoms with Gasteiger partial charge in [-0.15, -0.1) is 11.6 Å². The molecular weight excluding hydrogens is 220 g/mol. The molecule has 0 fully saturated rings. The summed E-state index contributed by atoms with van der Waals surface area (Å²) < 4.78 is 5.97. The van der Waals surface area contributed by atoms with Gasteiger partial charge in [-0.3, -0.25) is 0 Å². The van der Waals surface area contributed by atoms with E-state index in [1.54, 1.807) is 0 Å². The summed E-state index contributed by atoms with van der Waals surface area (Å²) in [6.07, 6.45) is 2.53. The first kappa shape index (κ1) is 13.4. The van der Waals surface area contributed by atoms with Gasteiger partial charge in [0.15, 0.2) is 0 Å². The molecule has 1 rings (SSSR count). The highest BCUT2D eigenvalue weighted by Gasteiger charge is 2.09. The quantitative estimate of drug-likeness (QED) is 0.683. The Morgan fingerprint density at radius 2 is 1.81 bits per heavy atom. The Hall–Kier alpha value is -0.690. The molecule has 1 aromatic rings.